The quantitative estimate of drug-likeness (QED) is 0.384. The van der Waals surface area contributed by atoms with Gasteiger partial charge in [0.2, 0.25) is 0 Å². The number of nitrogens with zero attached hydrogens (tertiary/aromatic N) is 2. The Labute approximate surface area is 193 Å². The van der Waals surface area contributed by atoms with Gasteiger partial charge in [-0.15, -0.1) is 0 Å². The first-order chi connectivity index (χ1) is 15.8. The molecular weight excluding hydrogens is 442 g/mol. The van der Waals surface area contributed by atoms with Gasteiger partial charge in [0.15, 0.2) is 0 Å². The third-order valence-electron chi connectivity index (χ3n) is 4.83. The van der Waals surface area contributed by atoms with Gasteiger partial charge in [-0.1, -0.05) is 18.2 Å². The molecule has 0 saturated heterocycles. The van der Waals surface area contributed by atoms with Gasteiger partial charge in [0, 0.05) is 0 Å². The Kier molecular flexibility index (Phi) is 7.68. The topological polar surface area (TPSA) is 97.3 Å². The lowest BCUT2D eigenvalue weighted by Gasteiger charge is -2.23. The van der Waals surface area contributed by atoms with Crippen LogP contribution in [-0.2, 0) is 14.8 Å². The minimum absolute atomic E-state index is 0.0397. The second kappa shape index (κ2) is 10.6. The molecule has 0 aliphatic heterocycles. The van der Waals surface area contributed by atoms with Crippen molar-refractivity contribution >= 4 is 27.3 Å². The summed E-state index contributed by atoms with van der Waals surface area (Å²) in [5.74, 6) is 0.655. The van der Waals surface area contributed by atoms with E-state index in [9.17, 15) is 13.2 Å². The number of hydrogen-bond donors (Lipinski definition) is 1. The third kappa shape index (κ3) is 5.89. The molecule has 0 fully saturated rings. The second-order valence-electron chi connectivity index (χ2n) is 6.98. The number of benzene rings is 3. The Morgan fingerprint density at radius 3 is 1.97 bits per heavy atom. The number of anilines is 1. The van der Waals surface area contributed by atoms with Crippen LogP contribution in [0.1, 0.15) is 12.5 Å². The van der Waals surface area contributed by atoms with Gasteiger partial charge < -0.3 is 9.47 Å². The van der Waals surface area contributed by atoms with Gasteiger partial charge in [-0.25, -0.2) is 13.8 Å². The molecule has 172 valence electrons. The summed E-state index contributed by atoms with van der Waals surface area (Å²) in [6.45, 7) is 1.29. The maximum atomic E-state index is 13.3. The standard InChI is InChI=1S/C24H25N3O5S/c1-18(19-9-11-21(31-2)12-10-19)25-26-24(28)17-27(20-7-5-4-6-8-20)33(29,30)23-15-13-22(32-3)14-16-23/h4-16H,17H2,1-3H3,(H,26,28)/b25-18-. The zero-order valence-electron chi connectivity index (χ0n) is 18.6. The fourth-order valence-corrected chi connectivity index (χ4v) is 4.41. The van der Waals surface area contributed by atoms with Crippen molar-refractivity contribution < 1.29 is 22.7 Å². The highest BCUT2D eigenvalue weighted by Crippen LogP contribution is 2.24. The van der Waals surface area contributed by atoms with Crippen molar-refractivity contribution in [1.29, 1.82) is 0 Å². The van der Waals surface area contributed by atoms with Crippen LogP contribution in [0, 0.1) is 0 Å². The maximum Gasteiger partial charge on any atom is 0.264 e. The number of methoxy groups -OCH3 is 2. The molecule has 3 aromatic carbocycles. The number of sulfonamides is 1. The van der Waals surface area contributed by atoms with E-state index in [0.717, 1.165) is 9.87 Å². The van der Waals surface area contributed by atoms with Gasteiger partial charge in [-0.05, 0) is 73.2 Å². The molecule has 0 spiro atoms. The van der Waals surface area contributed by atoms with E-state index in [2.05, 4.69) is 10.5 Å². The van der Waals surface area contributed by atoms with Crippen LogP contribution in [0.5, 0.6) is 11.5 Å². The SMILES string of the molecule is COc1ccc(/C(C)=N\NC(=O)CN(c2ccccc2)S(=O)(=O)c2ccc(OC)cc2)cc1. The van der Waals surface area contributed by atoms with Gasteiger partial charge in [0.25, 0.3) is 15.9 Å². The largest absolute Gasteiger partial charge is 0.497 e. The van der Waals surface area contributed by atoms with E-state index in [0.29, 0.717) is 22.9 Å². The lowest BCUT2D eigenvalue weighted by Crippen LogP contribution is -2.39. The van der Waals surface area contributed by atoms with Crippen LogP contribution in [0.25, 0.3) is 0 Å². The molecule has 0 heterocycles. The Morgan fingerprint density at radius 1 is 0.879 bits per heavy atom. The average Bonchev–Trinajstić information content (AvgIpc) is 2.86. The van der Waals surface area contributed by atoms with Crippen LogP contribution in [0.4, 0.5) is 5.69 Å². The molecule has 0 bridgehead atoms. The van der Waals surface area contributed by atoms with Crippen molar-refractivity contribution in [3.8, 4) is 11.5 Å². The fourth-order valence-electron chi connectivity index (χ4n) is 2.99. The number of rotatable bonds is 9. The van der Waals surface area contributed by atoms with E-state index in [-0.39, 0.29) is 4.90 Å². The van der Waals surface area contributed by atoms with E-state index < -0.39 is 22.5 Å². The van der Waals surface area contributed by atoms with Crippen LogP contribution >= 0.6 is 0 Å². The van der Waals surface area contributed by atoms with E-state index >= 15 is 0 Å². The summed E-state index contributed by atoms with van der Waals surface area (Å²) >= 11 is 0. The molecule has 1 amide bonds. The fraction of sp³-hybridized carbons (Fsp3) is 0.167. The van der Waals surface area contributed by atoms with Gasteiger partial charge >= 0.3 is 0 Å². The molecular formula is C24H25N3O5S. The summed E-state index contributed by atoms with van der Waals surface area (Å²) in [7, 11) is -0.941. The number of ether oxygens (including phenoxy) is 2. The average molecular weight is 468 g/mol. The number of amides is 1. The lowest BCUT2D eigenvalue weighted by molar-refractivity contribution is -0.119. The van der Waals surface area contributed by atoms with Crippen molar-refractivity contribution in [2.24, 2.45) is 5.10 Å². The molecule has 3 aromatic rings. The molecule has 8 nitrogen and oxygen atoms in total. The lowest BCUT2D eigenvalue weighted by atomic mass is 10.1. The summed E-state index contributed by atoms with van der Waals surface area (Å²) in [4.78, 5) is 12.7. The molecule has 0 radical (unpaired) electrons. The number of hydrazone groups is 1. The van der Waals surface area contributed by atoms with Crippen molar-refractivity contribution in [3.63, 3.8) is 0 Å². The Bertz CT molecular complexity index is 1210. The zero-order valence-corrected chi connectivity index (χ0v) is 19.4. The number of carbonyl (C=O) groups excluding carboxylic acids is 1. The molecule has 9 heteroatoms. The number of nitrogens with one attached hydrogen (secondary N) is 1. The van der Waals surface area contributed by atoms with Crippen LogP contribution in [-0.4, -0.2) is 40.8 Å². The molecule has 0 aliphatic rings. The molecule has 0 atom stereocenters. The summed E-state index contributed by atoms with van der Waals surface area (Å²) in [6, 6.07) is 21.6. The van der Waals surface area contributed by atoms with Crippen LogP contribution < -0.4 is 19.2 Å². The smallest absolute Gasteiger partial charge is 0.264 e. The molecule has 3 rings (SSSR count). The van der Waals surface area contributed by atoms with Crippen molar-refractivity contribution in [3.05, 3.63) is 84.4 Å². The molecule has 0 saturated carbocycles. The third-order valence-corrected chi connectivity index (χ3v) is 6.62. The Balaban J connectivity index is 1.82. The van der Waals surface area contributed by atoms with Crippen LogP contribution in [0.3, 0.4) is 0 Å². The van der Waals surface area contributed by atoms with Gasteiger partial charge in [-0.3, -0.25) is 9.10 Å². The first-order valence-corrected chi connectivity index (χ1v) is 11.5. The van der Waals surface area contributed by atoms with Crippen LogP contribution in [0.2, 0.25) is 0 Å². The minimum Gasteiger partial charge on any atom is -0.497 e. The molecule has 33 heavy (non-hydrogen) atoms. The molecule has 0 aromatic heterocycles. The van der Waals surface area contributed by atoms with Crippen molar-refractivity contribution in [1.82, 2.24) is 5.43 Å². The second-order valence-corrected chi connectivity index (χ2v) is 8.85. The highest BCUT2D eigenvalue weighted by Gasteiger charge is 2.27. The van der Waals surface area contributed by atoms with Crippen molar-refractivity contribution in [2.45, 2.75) is 11.8 Å². The number of hydrogen-bond acceptors (Lipinski definition) is 6. The maximum absolute atomic E-state index is 13.3. The minimum atomic E-state index is -4.02. The van der Waals surface area contributed by atoms with Gasteiger partial charge in [0.1, 0.15) is 18.0 Å². The zero-order chi connectivity index (χ0) is 23.8. The molecule has 0 unspecified atom stereocenters. The summed E-state index contributed by atoms with van der Waals surface area (Å²) in [6.07, 6.45) is 0. The van der Waals surface area contributed by atoms with E-state index in [1.165, 1.54) is 19.2 Å². The first-order valence-electron chi connectivity index (χ1n) is 10.0. The monoisotopic (exact) mass is 467 g/mol. The molecule has 1 N–H and O–H groups in total. The van der Waals surface area contributed by atoms with Crippen LogP contribution in [0.15, 0.2) is 88.9 Å². The van der Waals surface area contributed by atoms with Crippen molar-refractivity contribution in [2.75, 3.05) is 25.1 Å². The molecule has 0 aliphatic carbocycles. The number of carbonyl (C=O) groups is 1. The van der Waals surface area contributed by atoms with E-state index in [4.69, 9.17) is 9.47 Å². The summed E-state index contributed by atoms with van der Waals surface area (Å²) < 4.78 is 38.0. The summed E-state index contributed by atoms with van der Waals surface area (Å²) in [5.41, 5.74) is 4.16. The predicted octanol–water partition coefficient (Wildman–Crippen LogP) is 3.44. The van der Waals surface area contributed by atoms with E-state index in [1.807, 2.05) is 12.1 Å². The number of para-hydroxylation sites is 1. The van der Waals surface area contributed by atoms with Gasteiger partial charge in [0.05, 0.1) is 30.5 Å². The Hall–Kier alpha value is -3.85. The predicted molar refractivity (Wildman–Crippen MR) is 127 cm³/mol. The Morgan fingerprint density at radius 2 is 1.42 bits per heavy atom. The highest BCUT2D eigenvalue weighted by molar-refractivity contribution is 7.92. The van der Waals surface area contributed by atoms with Gasteiger partial charge in [-0.2, -0.15) is 5.10 Å². The normalized spacial score (nSPS) is 11.5. The van der Waals surface area contributed by atoms with E-state index in [1.54, 1.807) is 68.6 Å². The summed E-state index contributed by atoms with van der Waals surface area (Å²) in [5, 5.41) is 4.11. The highest BCUT2D eigenvalue weighted by atomic mass is 32.2. The first kappa shape index (κ1) is 23.8.